The van der Waals surface area contributed by atoms with Gasteiger partial charge in [-0.1, -0.05) is 35.9 Å². The molecule has 4 heteroatoms. The van der Waals surface area contributed by atoms with Gasteiger partial charge in [0, 0.05) is 17.2 Å². The summed E-state index contributed by atoms with van der Waals surface area (Å²) in [5.74, 6) is -0.571. The van der Waals surface area contributed by atoms with E-state index in [-0.39, 0.29) is 17.3 Å². The van der Waals surface area contributed by atoms with E-state index in [0.29, 0.717) is 11.1 Å². The van der Waals surface area contributed by atoms with Crippen LogP contribution in [0.5, 0.6) is 0 Å². The molecule has 0 saturated carbocycles. The maximum atomic E-state index is 12.5. The molecule has 0 unspecified atom stereocenters. The van der Waals surface area contributed by atoms with Crippen molar-refractivity contribution in [3.05, 3.63) is 59.4 Å². The van der Waals surface area contributed by atoms with Gasteiger partial charge in [0.15, 0.2) is 16.6 Å². The molecule has 3 nitrogen and oxygen atoms in total. The molecule has 21 heavy (non-hydrogen) atoms. The van der Waals surface area contributed by atoms with Crippen molar-refractivity contribution in [2.45, 2.75) is 18.9 Å². The van der Waals surface area contributed by atoms with E-state index in [4.69, 9.17) is 16.3 Å². The van der Waals surface area contributed by atoms with Crippen molar-refractivity contribution in [1.82, 2.24) is 0 Å². The van der Waals surface area contributed by atoms with Crippen molar-refractivity contribution in [2.75, 3.05) is 0 Å². The summed E-state index contributed by atoms with van der Waals surface area (Å²) in [6.07, 6.45) is 1.21. The number of halogens is 1. The second-order valence-corrected chi connectivity index (χ2v) is 6.32. The molecule has 0 aliphatic heterocycles. The van der Waals surface area contributed by atoms with E-state index in [1.54, 1.807) is 26.0 Å². The number of alkyl halides is 1. The van der Waals surface area contributed by atoms with Crippen LogP contribution >= 0.6 is 11.6 Å². The summed E-state index contributed by atoms with van der Waals surface area (Å²) in [6.45, 7) is 3.23. The zero-order valence-corrected chi connectivity index (χ0v) is 12.4. The number of allylic oxidation sites excluding steroid dienone is 2. The Labute approximate surface area is 127 Å². The van der Waals surface area contributed by atoms with Gasteiger partial charge in [0.2, 0.25) is 5.78 Å². The summed E-state index contributed by atoms with van der Waals surface area (Å²) < 4.78 is 5.39. The van der Waals surface area contributed by atoms with Gasteiger partial charge in [0.25, 0.3) is 0 Å². The minimum Gasteiger partial charge on any atom is -0.468 e. The summed E-state index contributed by atoms with van der Waals surface area (Å²) in [6, 6.07) is 11.1. The van der Waals surface area contributed by atoms with Crippen LogP contribution in [-0.4, -0.2) is 16.6 Å². The zero-order chi connectivity index (χ0) is 15.2. The average Bonchev–Trinajstić information content (AvgIpc) is 2.41. The molecular formula is C17H13ClO3. The van der Waals surface area contributed by atoms with Crippen LogP contribution < -0.4 is 0 Å². The number of ether oxygens (including phenoxy) is 1. The van der Waals surface area contributed by atoms with Gasteiger partial charge in [0.05, 0.1) is 0 Å². The van der Waals surface area contributed by atoms with E-state index in [1.807, 2.05) is 24.3 Å². The van der Waals surface area contributed by atoms with Crippen LogP contribution in [0.1, 0.15) is 34.6 Å². The monoisotopic (exact) mass is 300 g/mol. The van der Waals surface area contributed by atoms with E-state index < -0.39 is 5.06 Å². The maximum absolute atomic E-state index is 12.5. The lowest BCUT2D eigenvalue weighted by Gasteiger charge is -2.23. The Morgan fingerprint density at radius 2 is 1.57 bits per heavy atom. The second-order valence-electron chi connectivity index (χ2n) is 5.41. The molecule has 0 heterocycles. The highest BCUT2D eigenvalue weighted by atomic mass is 35.5. The molecule has 0 aromatic heterocycles. The van der Waals surface area contributed by atoms with Crippen LogP contribution in [0.4, 0.5) is 0 Å². The molecule has 1 aliphatic carbocycles. The normalized spacial score (nSPS) is 14.9. The van der Waals surface area contributed by atoms with Gasteiger partial charge in [-0.3, -0.25) is 9.59 Å². The van der Waals surface area contributed by atoms with Gasteiger partial charge < -0.3 is 4.74 Å². The first-order valence-electron chi connectivity index (χ1n) is 6.56. The van der Waals surface area contributed by atoms with Crippen molar-refractivity contribution in [3.8, 4) is 0 Å². The summed E-state index contributed by atoms with van der Waals surface area (Å²) in [7, 11) is 0. The number of carbonyl (C=O) groups is 2. The lowest BCUT2D eigenvalue weighted by molar-refractivity contribution is 0.0718. The van der Waals surface area contributed by atoms with Gasteiger partial charge in [-0.2, -0.15) is 0 Å². The molecular weight excluding hydrogens is 288 g/mol. The highest BCUT2D eigenvalue weighted by molar-refractivity contribution is 6.26. The molecule has 2 aromatic carbocycles. The Balaban J connectivity index is 2.14. The summed E-state index contributed by atoms with van der Waals surface area (Å²) >= 11 is 5.98. The lowest BCUT2D eigenvalue weighted by atomic mass is 9.90. The van der Waals surface area contributed by atoms with Gasteiger partial charge in [-0.05, 0) is 36.8 Å². The molecule has 2 aromatic rings. The van der Waals surface area contributed by atoms with E-state index in [0.717, 1.165) is 10.8 Å². The highest BCUT2D eigenvalue weighted by Crippen LogP contribution is 2.29. The number of ketones is 2. The molecule has 0 N–H and O–H groups in total. The van der Waals surface area contributed by atoms with E-state index in [9.17, 15) is 9.59 Å². The fraction of sp³-hybridized carbons (Fsp3) is 0.176. The maximum Gasteiger partial charge on any atom is 0.228 e. The van der Waals surface area contributed by atoms with Crippen molar-refractivity contribution < 1.29 is 14.3 Å². The summed E-state index contributed by atoms with van der Waals surface area (Å²) in [5, 5.41) is 0.785. The molecule has 0 atom stereocenters. The molecule has 0 spiro atoms. The number of Topliss-reactive ketones (excluding diaryl/α,β-unsaturated/α-hetero) is 1. The van der Waals surface area contributed by atoms with Gasteiger partial charge in [-0.15, -0.1) is 0 Å². The van der Waals surface area contributed by atoms with Gasteiger partial charge in [0.1, 0.15) is 0 Å². The second kappa shape index (κ2) is 4.71. The number of hydrogen-bond acceptors (Lipinski definition) is 3. The topological polar surface area (TPSA) is 43.4 Å². The third-order valence-corrected chi connectivity index (χ3v) is 3.31. The van der Waals surface area contributed by atoms with Crippen LogP contribution in [0.2, 0.25) is 0 Å². The van der Waals surface area contributed by atoms with E-state index in [2.05, 4.69) is 0 Å². The predicted molar refractivity (Wildman–Crippen MR) is 81.7 cm³/mol. The standard InChI is InChI=1S/C17H13ClO3/c1-17(2,18)21-15-9-14(19)12-7-10-5-3-4-6-11(10)8-13(12)16(15)20/h3-9H,1-2H3. The number of carbonyl (C=O) groups excluding carboxylic acids is 2. The Morgan fingerprint density at radius 1 is 1.00 bits per heavy atom. The van der Waals surface area contributed by atoms with Crippen molar-refractivity contribution in [2.24, 2.45) is 0 Å². The zero-order valence-electron chi connectivity index (χ0n) is 11.6. The lowest BCUT2D eigenvalue weighted by Crippen LogP contribution is -2.24. The molecule has 0 fully saturated rings. The number of fused-ring (bicyclic) bond motifs is 2. The number of rotatable bonds is 2. The van der Waals surface area contributed by atoms with Crippen LogP contribution in [0.25, 0.3) is 10.8 Å². The first-order valence-corrected chi connectivity index (χ1v) is 6.94. The smallest absolute Gasteiger partial charge is 0.228 e. The van der Waals surface area contributed by atoms with Crippen LogP contribution in [0.3, 0.4) is 0 Å². The van der Waals surface area contributed by atoms with Crippen LogP contribution in [-0.2, 0) is 4.74 Å². The fourth-order valence-corrected chi connectivity index (χ4v) is 2.45. The Morgan fingerprint density at radius 3 is 2.14 bits per heavy atom. The molecule has 106 valence electrons. The average molecular weight is 301 g/mol. The minimum atomic E-state index is -1.05. The third kappa shape index (κ3) is 2.57. The van der Waals surface area contributed by atoms with Gasteiger partial charge >= 0.3 is 0 Å². The first kappa shape index (κ1) is 13.8. The van der Waals surface area contributed by atoms with E-state index in [1.165, 1.54) is 6.08 Å². The molecule has 0 radical (unpaired) electrons. The fourth-order valence-electron chi connectivity index (χ4n) is 2.36. The molecule has 0 saturated heterocycles. The Hall–Kier alpha value is -2.13. The SMILES string of the molecule is CC(C)(Cl)OC1=CC(=O)c2cc3ccccc3cc2C1=O. The quantitative estimate of drug-likeness (QED) is 0.784. The largest absolute Gasteiger partial charge is 0.468 e. The van der Waals surface area contributed by atoms with Crippen molar-refractivity contribution in [3.63, 3.8) is 0 Å². The predicted octanol–water partition coefficient (Wildman–Crippen LogP) is 4.09. The molecule has 0 amide bonds. The van der Waals surface area contributed by atoms with Gasteiger partial charge in [-0.25, -0.2) is 0 Å². The molecule has 0 bridgehead atoms. The number of hydrogen-bond donors (Lipinski definition) is 0. The van der Waals surface area contributed by atoms with Crippen molar-refractivity contribution in [1.29, 1.82) is 0 Å². The Bertz CT molecular complexity index is 797. The summed E-state index contributed by atoms with van der Waals surface area (Å²) in [5.41, 5.74) is 0.760. The third-order valence-electron chi connectivity index (χ3n) is 3.23. The molecule has 1 aliphatic rings. The first-order chi connectivity index (χ1) is 9.85. The van der Waals surface area contributed by atoms with Crippen molar-refractivity contribution >= 4 is 33.9 Å². The summed E-state index contributed by atoms with van der Waals surface area (Å²) in [4.78, 5) is 24.7. The number of benzene rings is 2. The van der Waals surface area contributed by atoms with Crippen LogP contribution in [0, 0.1) is 0 Å². The van der Waals surface area contributed by atoms with E-state index >= 15 is 0 Å². The Kier molecular flexibility index (Phi) is 3.10. The minimum absolute atomic E-state index is 0.0113. The van der Waals surface area contributed by atoms with Crippen LogP contribution in [0.15, 0.2) is 48.2 Å². The highest BCUT2D eigenvalue weighted by Gasteiger charge is 2.30. The molecule has 3 rings (SSSR count).